The number of pyridine rings is 1. The van der Waals surface area contributed by atoms with Crippen molar-refractivity contribution in [2.45, 2.75) is 6.43 Å². The summed E-state index contributed by atoms with van der Waals surface area (Å²) in [5.74, 6) is 0. The fourth-order valence-corrected chi connectivity index (χ4v) is 2.42. The second-order valence-corrected chi connectivity index (χ2v) is 5.05. The van der Waals surface area contributed by atoms with E-state index < -0.39 is 12.5 Å². The van der Waals surface area contributed by atoms with E-state index >= 15 is 0 Å². The van der Waals surface area contributed by atoms with Crippen molar-refractivity contribution in [3.63, 3.8) is 0 Å². The molecule has 2 heterocycles. The standard InChI is InChI=1S/C15H9ClF2N2O2/c16-9-2-3-10(13(17)18)11(7-9)12-4-1-8-5-6-20(15(21)22)14(8)19-12/h1-7,13H,(H,21,22). The minimum absolute atomic E-state index is 0.183. The van der Waals surface area contributed by atoms with E-state index in [2.05, 4.69) is 4.98 Å². The molecule has 0 aliphatic rings. The van der Waals surface area contributed by atoms with Gasteiger partial charge in [-0.25, -0.2) is 23.1 Å². The number of carbonyl (C=O) groups is 1. The Labute approximate surface area is 128 Å². The van der Waals surface area contributed by atoms with Crippen LogP contribution < -0.4 is 0 Å². The van der Waals surface area contributed by atoms with Crippen LogP contribution in [0.4, 0.5) is 13.6 Å². The number of rotatable bonds is 2. The second kappa shape index (κ2) is 5.38. The van der Waals surface area contributed by atoms with Crippen LogP contribution in [0.1, 0.15) is 12.0 Å². The number of alkyl halides is 2. The Morgan fingerprint density at radius 3 is 2.68 bits per heavy atom. The summed E-state index contributed by atoms with van der Waals surface area (Å²) >= 11 is 5.88. The Morgan fingerprint density at radius 2 is 2.00 bits per heavy atom. The molecule has 4 nitrogen and oxygen atoms in total. The highest BCUT2D eigenvalue weighted by molar-refractivity contribution is 6.30. The minimum Gasteiger partial charge on any atom is -0.464 e. The van der Waals surface area contributed by atoms with Crippen LogP contribution in [0.15, 0.2) is 42.6 Å². The van der Waals surface area contributed by atoms with Crippen LogP contribution in [0, 0.1) is 0 Å². The number of carboxylic acid groups (broad SMARTS) is 1. The van der Waals surface area contributed by atoms with Gasteiger partial charge < -0.3 is 5.11 Å². The second-order valence-electron chi connectivity index (χ2n) is 4.61. The van der Waals surface area contributed by atoms with Crippen molar-refractivity contribution in [2.24, 2.45) is 0 Å². The topological polar surface area (TPSA) is 55.1 Å². The maximum absolute atomic E-state index is 13.1. The molecule has 3 aromatic rings. The number of hydrogen-bond donors (Lipinski definition) is 1. The summed E-state index contributed by atoms with van der Waals surface area (Å²) in [7, 11) is 0. The molecule has 0 radical (unpaired) electrons. The van der Waals surface area contributed by atoms with E-state index in [0.29, 0.717) is 10.4 Å². The summed E-state index contributed by atoms with van der Waals surface area (Å²) in [5.41, 5.74) is 0.406. The summed E-state index contributed by atoms with van der Waals surface area (Å²) in [4.78, 5) is 15.3. The SMILES string of the molecule is O=C(O)n1ccc2ccc(-c3cc(Cl)ccc3C(F)F)nc21. The van der Waals surface area contributed by atoms with E-state index in [1.165, 1.54) is 24.4 Å². The van der Waals surface area contributed by atoms with Gasteiger partial charge in [-0.1, -0.05) is 17.7 Å². The molecule has 2 aromatic heterocycles. The van der Waals surface area contributed by atoms with Gasteiger partial charge in [-0.05, 0) is 30.3 Å². The fraction of sp³-hybridized carbons (Fsp3) is 0.0667. The summed E-state index contributed by atoms with van der Waals surface area (Å²) in [6.45, 7) is 0. The quantitative estimate of drug-likeness (QED) is 0.736. The zero-order chi connectivity index (χ0) is 15.9. The Kier molecular flexibility index (Phi) is 3.54. The predicted octanol–water partition coefficient (Wildman–Crippen LogP) is 4.82. The summed E-state index contributed by atoms with van der Waals surface area (Å²) in [6, 6.07) is 8.80. The highest BCUT2D eigenvalue weighted by Crippen LogP contribution is 2.33. The lowest BCUT2D eigenvalue weighted by Crippen LogP contribution is -2.07. The third-order valence-electron chi connectivity index (χ3n) is 3.27. The number of benzene rings is 1. The van der Waals surface area contributed by atoms with Gasteiger partial charge in [0, 0.05) is 27.7 Å². The molecule has 0 saturated heterocycles. The third-order valence-corrected chi connectivity index (χ3v) is 3.50. The van der Waals surface area contributed by atoms with Gasteiger partial charge in [-0.2, -0.15) is 0 Å². The van der Waals surface area contributed by atoms with Gasteiger partial charge in [0.05, 0.1) is 5.69 Å². The Bertz CT molecular complexity index is 877. The van der Waals surface area contributed by atoms with Crippen LogP contribution in [0.25, 0.3) is 22.3 Å². The van der Waals surface area contributed by atoms with E-state index in [1.807, 2.05) is 0 Å². The first-order chi connectivity index (χ1) is 10.5. The molecule has 0 fully saturated rings. The lowest BCUT2D eigenvalue weighted by Gasteiger charge is -2.09. The molecule has 7 heteroatoms. The van der Waals surface area contributed by atoms with Gasteiger partial charge in [0.1, 0.15) is 5.65 Å². The molecule has 0 bridgehead atoms. The highest BCUT2D eigenvalue weighted by atomic mass is 35.5. The average molecular weight is 323 g/mol. The van der Waals surface area contributed by atoms with E-state index in [0.717, 1.165) is 4.57 Å². The Hall–Kier alpha value is -2.47. The molecule has 1 N–H and O–H groups in total. The lowest BCUT2D eigenvalue weighted by atomic mass is 10.0. The number of nitrogens with zero attached hydrogens (tertiary/aromatic N) is 2. The Balaban J connectivity index is 2.24. The summed E-state index contributed by atoms with van der Waals surface area (Å²) in [6.07, 6.45) is -2.52. The molecule has 0 saturated carbocycles. The summed E-state index contributed by atoms with van der Waals surface area (Å²) < 4.78 is 27.2. The molecule has 0 spiro atoms. The van der Waals surface area contributed by atoms with Gasteiger partial charge in [0.25, 0.3) is 6.43 Å². The van der Waals surface area contributed by atoms with Crippen molar-refractivity contribution >= 4 is 28.7 Å². The van der Waals surface area contributed by atoms with E-state index in [1.54, 1.807) is 18.2 Å². The molecule has 0 unspecified atom stereocenters. The van der Waals surface area contributed by atoms with E-state index in [4.69, 9.17) is 16.7 Å². The molecule has 22 heavy (non-hydrogen) atoms. The van der Waals surface area contributed by atoms with E-state index in [-0.39, 0.29) is 22.5 Å². The molecule has 0 aliphatic carbocycles. The van der Waals surface area contributed by atoms with Crippen LogP contribution in [0.2, 0.25) is 5.02 Å². The largest absolute Gasteiger partial charge is 0.464 e. The number of halogens is 3. The van der Waals surface area contributed by atoms with Crippen LogP contribution in [0.3, 0.4) is 0 Å². The third kappa shape index (κ3) is 2.42. The van der Waals surface area contributed by atoms with Crippen molar-refractivity contribution in [3.05, 3.63) is 53.2 Å². The van der Waals surface area contributed by atoms with Gasteiger partial charge in [0.2, 0.25) is 0 Å². The zero-order valence-electron chi connectivity index (χ0n) is 11.0. The number of fused-ring (bicyclic) bond motifs is 1. The molecule has 3 rings (SSSR count). The van der Waals surface area contributed by atoms with Crippen LogP contribution in [0.5, 0.6) is 0 Å². The lowest BCUT2D eigenvalue weighted by molar-refractivity contribution is 0.152. The van der Waals surface area contributed by atoms with Crippen LogP contribution >= 0.6 is 11.6 Å². The number of hydrogen-bond acceptors (Lipinski definition) is 2. The molecule has 112 valence electrons. The molecule has 1 aromatic carbocycles. The van der Waals surface area contributed by atoms with Crippen molar-refractivity contribution in [1.29, 1.82) is 0 Å². The van der Waals surface area contributed by atoms with Gasteiger partial charge >= 0.3 is 6.09 Å². The minimum atomic E-state index is -2.68. The normalized spacial score (nSPS) is 11.3. The van der Waals surface area contributed by atoms with Gasteiger partial charge in [-0.3, -0.25) is 0 Å². The van der Waals surface area contributed by atoms with Crippen molar-refractivity contribution < 1.29 is 18.7 Å². The Morgan fingerprint density at radius 1 is 1.23 bits per heavy atom. The molecule has 0 aliphatic heterocycles. The van der Waals surface area contributed by atoms with Crippen LogP contribution in [-0.2, 0) is 0 Å². The first kappa shape index (κ1) is 14.5. The van der Waals surface area contributed by atoms with Crippen molar-refractivity contribution in [2.75, 3.05) is 0 Å². The smallest absolute Gasteiger partial charge is 0.417 e. The first-order valence-electron chi connectivity index (χ1n) is 6.27. The predicted molar refractivity (Wildman–Crippen MR) is 78.6 cm³/mol. The molecular weight excluding hydrogens is 314 g/mol. The highest BCUT2D eigenvalue weighted by Gasteiger charge is 2.17. The molecule has 0 amide bonds. The molecular formula is C15H9ClF2N2O2. The van der Waals surface area contributed by atoms with Crippen molar-refractivity contribution in [3.8, 4) is 11.3 Å². The zero-order valence-corrected chi connectivity index (χ0v) is 11.8. The van der Waals surface area contributed by atoms with Crippen molar-refractivity contribution in [1.82, 2.24) is 9.55 Å². The fourth-order valence-electron chi connectivity index (χ4n) is 2.25. The molecule has 0 atom stereocenters. The van der Waals surface area contributed by atoms with Gasteiger partial charge in [-0.15, -0.1) is 0 Å². The van der Waals surface area contributed by atoms with Crippen LogP contribution in [-0.4, -0.2) is 20.8 Å². The maximum Gasteiger partial charge on any atom is 0.417 e. The average Bonchev–Trinajstić information content (AvgIpc) is 2.89. The summed E-state index contributed by atoms with van der Waals surface area (Å²) in [5, 5.41) is 10.0. The maximum atomic E-state index is 13.1. The number of aromatic nitrogens is 2. The van der Waals surface area contributed by atoms with Gasteiger partial charge in [0.15, 0.2) is 0 Å². The first-order valence-corrected chi connectivity index (χ1v) is 6.64. The monoisotopic (exact) mass is 322 g/mol. The van der Waals surface area contributed by atoms with E-state index in [9.17, 15) is 13.6 Å².